The third kappa shape index (κ3) is 2.93. The highest BCUT2D eigenvalue weighted by Crippen LogP contribution is 2.17. The summed E-state index contributed by atoms with van der Waals surface area (Å²) in [5.74, 6) is 5.60. The fourth-order valence-electron chi connectivity index (χ4n) is 1.74. The molecule has 0 spiro atoms. The maximum atomic E-state index is 7.89. The van der Waals surface area contributed by atoms with Gasteiger partial charge >= 0.3 is 0 Å². The largest absolute Gasteiger partial charge is 0.256 e. The van der Waals surface area contributed by atoms with Gasteiger partial charge in [0.05, 0.1) is 12.5 Å². The summed E-state index contributed by atoms with van der Waals surface area (Å²) in [6, 6.07) is 11.3. The van der Waals surface area contributed by atoms with E-state index in [-0.39, 0.29) is 29.7 Å². The van der Waals surface area contributed by atoms with Crippen molar-refractivity contribution < 1.29 is 6.85 Å². The first kappa shape index (κ1) is 7.67. The van der Waals surface area contributed by atoms with E-state index in [0.29, 0.717) is 5.56 Å². The molecule has 0 saturated carbocycles. The smallest absolute Gasteiger partial charge is 0.0702 e. The van der Waals surface area contributed by atoms with Crippen LogP contribution in [0.25, 0.3) is 11.3 Å². The lowest BCUT2D eigenvalue weighted by atomic mass is 10.1. The summed E-state index contributed by atoms with van der Waals surface area (Å²) in [5, 5.41) is 0. The fourth-order valence-corrected chi connectivity index (χ4v) is 1.74. The molecule has 0 amide bonds. The average molecular weight is 260 g/mol. The van der Waals surface area contributed by atoms with Crippen molar-refractivity contribution in [2.24, 2.45) is 0 Å². The Kier molecular flexibility index (Phi) is 2.25. The average Bonchev–Trinajstić information content (AvgIpc) is 2.66. The first-order chi connectivity index (χ1) is 12.0. The third-order valence-corrected chi connectivity index (χ3v) is 2.66. The van der Waals surface area contributed by atoms with Gasteiger partial charge < -0.3 is 0 Å². The topological polar surface area (TPSA) is 12.9 Å². The van der Waals surface area contributed by atoms with Crippen molar-refractivity contribution in [2.75, 3.05) is 0 Å². The third-order valence-electron chi connectivity index (χ3n) is 2.66. The van der Waals surface area contributed by atoms with Crippen LogP contribution in [0, 0.1) is 11.8 Å². The summed E-state index contributed by atoms with van der Waals surface area (Å²) in [4.78, 5) is 4.29. The maximum absolute atomic E-state index is 7.89. The van der Waals surface area contributed by atoms with Gasteiger partial charge in [0.2, 0.25) is 0 Å². The Morgan fingerprint density at radius 1 is 0.850 bits per heavy atom. The van der Waals surface area contributed by atoms with Crippen molar-refractivity contribution >= 4 is 0 Å². The van der Waals surface area contributed by atoms with Gasteiger partial charge in [0.25, 0.3) is 0 Å². The lowest BCUT2D eigenvalue weighted by Gasteiger charge is -2.00. The quantitative estimate of drug-likeness (QED) is 0.599. The van der Waals surface area contributed by atoms with Crippen LogP contribution in [-0.2, 0) is 0 Å². The van der Waals surface area contributed by atoms with Gasteiger partial charge in [0.15, 0.2) is 0 Å². The number of aromatic nitrogens is 1. The van der Waals surface area contributed by atoms with E-state index in [0.717, 1.165) is 11.3 Å². The van der Waals surface area contributed by atoms with E-state index < -0.39 is 6.04 Å². The Morgan fingerprint density at radius 3 is 2.50 bits per heavy atom. The number of hydrogen-bond acceptors (Lipinski definition) is 1. The van der Waals surface area contributed by atoms with E-state index in [1.807, 2.05) is 36.4 Å². The van der Waals surface area contributed by atoms with Crippen molar-refractivity contribution in [3.63, 3.8) is 0 Å². The molecule has 94 valence electrons. The first-order valence-corrected chi connectivity index (χ1v) is 6.09. The lowest BCUT2D eigenvalue weighted by molar-refractivity contribution is 1.32. The summed E-state index contributed by atoms with van der Waals surface area (Å²) >= 11 is 0. The number of pyridine rings is 1. The SMILES string of the molecule is [2H]c1c([2H])c([2H])c(C#Cc2cccc(-c3ccccn3)c2)c([2H])c1[2H]. The van der Waals surface area contributed by atoms with Crippen molar-refractivity contribution in [1.29, 1.82) is 0 Å². The molecule has 1 aromatic heterocycles. The standard InChI is InChI=1S/C19H13N/c1-2-7-16(8-3-1)12-13-17-9-6-10-18(15-17)19-11-4-5-14-20-19/h1-11,14-15H/i1D,2D,3D,7D,8D. The summed E-state index contributed by atoms with van der Waals surface area (Å²) in [6.07, 6.45) is 1.71. The van der Waals surface area contributed by atoms with E-state index in [1.165, 1.54) is 0 Å². The van der Waals surface area contributed by atoms with Crippen LogP contribution >= 0.6 is 0 Å². The van der Waals surface area contributed by atoms with E-state index >= 15 is 0 Å². The molecule has 0 saturated heterocycles. The van der Waals surface area contributed by atoms with Crippen LogP contribution in [0.15, 0.2) is 78.9 Å². The van der Waals surface area contributed by atoms with Crippen molar-refractivity contribution in [2.45, 2.75) is 0 Å². The van der Waals surface area contributed by atoms with Gasteiger partial charge in [-0.25, -0.2) is 0 Å². The van der Waals surface area contributed by atoms with Gasteiger partial charge in [-0.1, -0.05) is 48.2 Å². The molecule has 0 aliphatic heterocycles. The minimum Gasteiger partial charge on any atom is -0.256 e. The zero-order chi connectivity index (χ0) is 18.0. The molecule has 3 rings (SSSR count). The van der Waals surface area contributed by atoms with Crippen LogP contribution < -0.4 is 0 Å². The van der Waals surface area contributed by atoms with Gasteiger partial charge in [-0.15, -0.1) is 0 Å². The van der Waals surface area contributed by atoms with Crippen molar-refractivity contribution in [1.82, 2.24) is 4.98 Å². The van der Waals surface area contributed by atoms with Crippen LogP contribution in [0.3, 0.4) is 0 Å². The Morgan fingerprint density at radius 2 is 1.70 bits per heavy atom. The minimum atomic E-state index is -0.419. The maximum Gasteiger partial charge on any atom is 0.0702 e. The van der Waals surface area contributed by atoms with Crippen LogP contribution in [0.4, 0.5) is 0 Å². The van der Waals surface area contributed by atoms with Crippen LogP contribution in [0.1, 0.15) is 18.0 Å². The molecule has 0 unspecified atom stereocenters. The molecule has 0 aliphatic rings. The molecule has 0 atom stereocenters. The van der Waals surface area contributed by atoms with Crippen molar-refractivity contribution in [3.8, 4) is 23.1 Å². The number of rotatable bonds is 1. The van der Waals surface area contributed by atoms with Gasteiger partial charge in [-0.2, -0.15) is 0 Å². The molecule has 1 heterocycles. The Labute approximate surface area is 126 Å². The summed E-state index contributed by atoms with van der Waals surface area (Å²) in [6.45, 7) is 0. The molecule has 0 bridgehead atoms. The zero-order valence-electron chi connectivity index (χ0n) is 15.6. The molecule has 0 aliphatic carbocycles. The van der Waals surface area contributed by atoms with Gasteiger partial charge in [0.1, 0.15) is 0 Å². The van der Waals surface area contributed by atoms with E-state index in [2.05, 4.69) is 16.8 Å². The molecule has 1 heteroatoms. The van der Waals surface area contributed by atoms with Crippen LogP contribution in [0.5, 0.6) is 0 Å². The second-order valence-corrected chi connectivity index (χ2v) is 4.05. The Hall–Kier alpha value is -2.85. The highest BCUT2D eigenvalue weighted by atomic mass is 14.7. The molecular weight excluding hydrogens is 242 g/mol. The molecule has 0 radical (unpaired) electrons. The molecule has 2 aromatic carbocycles. The van der Waals surface area contributed by atoms with Crippen molar-refractivity contribution in [3.05, 3.63) is 90.0 Å². The van der Waals surface area contributed by atoms with Crippen LogP contribution in [-0.4, -0.2) is 4.98 Å². The predicted molar refractivity (Wildman–Crippen MR) is 82.1 cm³/mol. The zero-order valence-corrected chi connectivity index (χ0v) is 10.6. The van der Waals surface area contributed by atoms with Crippen LogP contribution in [0.2, 0.25) is 0 Å². The molecule has 20 heavy (non-hydrogen) atoms. The molecule has 3 aromatic rings. The highest BCUT2D eigenvalue weighted by Gasteiger charge is 1.98. The fraction of sp³-hybridized carbons (Fsp3) is 0. The molecular formula is C19H13N. The minimum absolute atomic E-state index is 0.00533. The number of nitrogens with zero attached hydrogens (tertiary/aromatic N) is 1. The van der Waals surface area contributed by atoms with Gasteiger partial charge in [0, 0.05) is 22.9 Å². The lowest BCUT2D eigenvalue weighted by Crippen LogP contribution is -1.83. The van der Waals surface area contributed by atoms with E-state index in [1.54, 1.807) is 12.3 Å². The summed E-state index contributed by atoms with van der Waals surface area (Å²) in [5.41, 5.74) is 2.38. The monoisotopic (exact) mass is 260 g/mol. The van der Waals surface area contributed by atoms with E-state index in [9.17, 15) is 0 Å². The summed E-state index contributed by atoms with van der Waals surface area (Å²) < 4.78 is 38.8. The summed E-state index contributed by atoms with van der Waals surface area (Å²) in [7, 11) is 0. The second kappa shape index (κ2) is 5.86. The van der Waals surface area contributed by atoms with Gasteiger partial charge in [-0.05, 0) is 36.4 Å². The second-order valence-electron chi connectivity index (χ2n) is 4.05. The Balaban J connectivity index is 2.04. The highest BCUT2D eigenvalue weighted by molar-refractivity contribution is 5.61. The predicted octanol–water partition coefficient (Wildman–Crippen LogP) is 4.15. The normalized spacial score (nSPS) is 13.1. The Bertz CT molecular complexity index is 975. The first-order valence-electron chi connectivity index (χ1n) is 8.59. The molecule has 0 N–H and O–H groups in total. The molecule has 1 nitrogen and oxygen atoms in total. The van der Waals surface area contributed by atoms with Gasteiger partial charge in [-0.3, -0.25) is 4.98 Å². The van der Waals surface area contributed by atoms with E-state index in [4.69, 9.17) is 6.85 Å². The number of benzene rings is 2. The number of hydrogen-bond donors (Lipinski definition) is 0. The molecule has 0 fully saturated rings.